The average Bonchev–Trinajstić information content (AvgIpc) is 2.76. The van der Waals surface area contributed by atoms with Crippen molar-refractivity contribution in [2.45, 2.75) is 65.4 Å². The zero-order chi connectivity index (χ0) is 13.8. The van der Waals surface area contributed by atoms with Crippen molar-refractivity contribution < 1.29 is 15.0 Å². The fraction of sp³-hybridized carbons (Fsp3) is 0.933. The van der Waals surface area contributed by atoms with Gasteiger partial charge in [-0.3, -0.25) is 4.79 Å². The number of aliphatic hydroxyl groups excluding tert-OH is 2. The van der Waals surface area contributed by atoms with Gasteiger partial charge >= 0.3 is 0 Å². The van der Waals surface area contributed by atoms with Gasteiger partial charge in [0.05, 0.1) is 6.10 Å². The number of Topliss-reactive ketones (excluding diaryl/α,β-unsaturated/α-hetero) is 1. The lowest BCUT2D eigenvalue weighted by atomic mass is 9.72. The monoisotopic (exact) mass is 256 g/mol. The second-order valence-electron chi connectivity index (χ2n) is 6.21. The van der Waals surface area contributed by atoms with Crippen LogP contribution in [0.2, 0.25) is 0 Å². The molecule has 0 aliphatic heterocycles. The van der Waals surface area contributed by atoms with Crippen LogP contribution >= 0.6 is 0 Å². The van der Waals surface area contributed by atoms with E-state index in [2.05, 4.69) is 13.8 Å². The number of rotatable bonds is 7. The first-order valence-corrected chi connectivity index (χ1v) is 7.26. The maximum Gasteiger partial charge on any atom is 0.161 e. The van der Waals surface area contributed by atoms with Gasteiger partial charge in [0.1, 0.15) is 6.61 Å². The molecule has 18 heavy (non-hydrogen) atoms. The predicted octanol–water partition coefficient (Wildman–Crippen LogP) is 2.54. The number of hydrogen-bond donors (Lipinski definition) is 2. The van der Waals surface area contributed by atoms with Crippen LogP contribution in [-0.4, -0.2) is 28.7 Å². The molecule has 0 spiro atoms. The molecule has 1 saturated carbocycles. The third-order valence-corrected chi connectivity index (χ3v) is 4.87. The topological polar surface area (TPSA) is 57.5 Å². The Morgan fingerprint density at radius 2 is 2.17 bits per heavy atom. The molecule has 0 aromatic heterocycles. The molecule has 1 rings (SSSR count). The summed E-state index contributed by atoms with van der Waals surface area (Å²) < 4.78 is 0. The van der Waals surface area contributed by atoms with Crippen molar-refractivity contribution in [2.75, 3.05) is 6.61 Å². The Balaban J connectivity index is 2.55. The first kappa shape index (κ1) is 15.6. The molecule has 1 fully saturated rings. The second-order valence-corrected chi connectivity index (χ2v) is 6.21. The molecular formula is C15H28O3. The lowest BCUT2D eigenvalue weighted by Crippen LogP contribution is -2.31. The van der Waals surface area contributed by atoms with Crippen molar-refractivity contribution in [3.63, 3.8) is 0 Å². The third-order valence-electron chi connectivity index (χ3n) is 4.87. The fourth-order valence-electron chi connectivity index (χ4n) is 3.34. The zero-order valence-electron chi connectivity index (χ0n) is 12.0. The van der Waals surface area contributed by atoms with Crippen LogP contribution in [0.25, 0.3) is 0 Å². The molecular weight excluding hydrogens is 228 g/mol. The van der Waals surface area contributed by atoms with Gasteiger partial charge < -0.3 is 10.2 Å². The van der Waals surface area contributed by atoms with Crippen LogP contribution < -0.4 is 0 Å². The summed E-state index contributed by atoms with van der Waals surface area (Å²) in [5.74, 6) is 0.310. The minimum atomic E-state index is -0.326. The second kappa shape index (κ2) is 6.67. The number of ketones is 1. The number of carbonyl (C=O) groups is 1. The molecule has 0 amide bonds. The molecule has 0 aromatic rings. The van der Waals surface area contributed by atoms with Gasteiger partial charge in [-0.05, 0) is 43.4 Å². The largest absolute Gasteiger partial charge is 0.393 e. The summed E-state index contributed by atoms with van der Waals surface area (Å²) in [4.78, 5) is 11.8. The van der Waals surface area contributed by atoms with Gasteiger partial charge in [0.25, 0.3) is 0 Å². The van der Waals surface area contributed by atoms with Gasteiger partial charge in [-0.1, -0.05) is 27.2 Å². The van der Waals surface area contributed by atoms with Gasteiger partial charge in [0.2, 0.25) is 0 Å². The van der Waals surface area contributed by atoms with E-state index >= 15 is 0 Å². The summed E-state index contributed by atoms with van der Waals surface area (Å²) in [5, 5.41) is 18.8. The van der Waals surface area contributed by atoms with Crippen molar-refractivity contribution in [2.24, 2.45) is 17.3 Å². The number of carbonyl (C=O) groups excluding carboxylic acids is 1. The van der Waals surface area contributed by atoms with Crippen molar-refractivity contribution in [1.82, 2.24) is 0 Å². The van der Waals surface area contributed by atoms with E-state index in [9.17, 15) is 9.90 Å². The van der Waals surface area contributed by atoms with Crippen LogP contribution in [0.1, 0.15) is 59.3 Å². The van der Waals surface area contributed by atoms with E-state index in [0.29, 0.717) is 0 Å². The van der Waals surface area contributed by atoms with Crippen LogP contribution in [-0.2, 0) is 4.79 Å². The molecule has 106 valence electrons. The summed E-state index contributed by atoms with van der Waals surface area (Å²) in [5.41, 5.74) is 0.0293. The molecule has 2 N–H and O–H groups in total. The van der Waals surface area contributed by atoms with Crippen molar-refractivity contribution >= 4 is 5.78 Å². The van der Waals surface area contributed by atoms with Gasteiger partial charge in [0.15, 0.2) is 5.78 Å². The smallest absolute Gasteiger partial charge is 0.161 e. The van der Waals surface area contributed by atoms with E-state index < -0.39 is 0 Å². The lowest BCUT2D eigenvalue weighted by Gasteiger charge is -2.32. The SMILES string of the molecule is CCC(O)C(C)CCC1(C)CCCC1C(=O)CO. The van der Waals surface area contributed by atoms with Crippen LogP contribution in [0.4, 0.5) is 0 Å². The van der Waals surface area contributed by atoms with E-state index in [1.54, 1.807) is 0 Å². The highest BCUT2D eigenvalue weighted by Gasteiger charge is 2.42. The van der Waals surface area contributed by atoms with Crippen LogP contribution in [0.5, 0.6) is 0 Å². The highest BCUT2D eigenvalue weighted by molar-refractivity contribution is 5.83. The molecule has 4 unspecified atom stereocenters. The molecule has 0 aromatic carbocycles. The van der Waals surface area contributed by atoms with Crippen LogP contribution in [0.15, 0.2) is 0 Å². The molecule has 0 radical (unpaired) electrons. The Morgan fingerprint density at radius 1 is 1.50 bits per heavy atom. The Morgan fingerprint density at radius 3 is 2.72 bits per heavy atom. The highest BCUT2D eigenvalue weighted by atomic mass is 16.3. The Labute approximate surface area is 111 Å². The maximum atomic E-state index is 11.8. The molecule has 0 heterocycles. The van der Waals surface area contributed by atoms with E-state index in [0.717, 1.165) is 38.5 Å². The average molecular weight is 256 g/mol. The summed E-state index contributed by atoms with van der Waals surface area (Å²) in [6.07, 6.45) is 5.55. The van der Waals surface area contributed by atoms with E-state index in [1.165, 1.54) is 0 Å². The lowest BCUT2D eigenvalue weighted by molar-refractivity contribution is -0.128. The molecule has 3 nitrogen and oxygen atoms in total. The highest BCUT2D eigenvalue weighted by Crippen LogP contribution is 2.47. The van der Waals surface area contributed by atoms with Gasteiger partial charge in [-0.25, -0.2) is 0 Å². The summed E-state index contributed by atoms with van der Waals surface area (Å²) in [6.45, 7) is 5.92. The van der Waals surface area contributed by atoms with Crippen molar-refractivity contribution in [3.8, 4) is 0 Å². The number of aliphatic hydroxyl groups is 2. The molecule has 1 aliphatic carbocycles. The van der Waals surface area contributed by atoms with E-state index in [-0.39, 0.29) is 35.7 Å². The molecule has 0 bridgehead atoms. The molecule has 0 saturated heterocycles. The summed E-state index contributed by atoms with van der Waals surface area (Å²) in [7, 11) is 0. The van der Waals surface area contributed by atoms with Gasteiger partial charge in [-0.15, -0.1) is 0 Å². The Bertz CT molecular complexity index is 277. The van der Waals surface area contributed by atoms with Crippen LogP contribution in [0, 0.1) is 17.3 Å². The van der Waals surface area contributed by atoms with E-state index in [4.69, 9.17) is 5.11 Å². The summed E-state index contributed by atoms with van der Waals surface area (Å²) >= 11 is 0. The summed E-state index contributed by atoms with van der Waals surface area (Å²) in [6, 6.07) is 0. The number of hydrogen-bond acceptors (Lipinski definition) is 3. The quantitative estimate of drug-likeness (QED) is 0.736. The maximum absolute atomic E-state index is 11.8. The van der Waals surface area contributed by atoms with E-state index in [1.807, 2.05) is 6.92 Å². The molecule has 4 atom stereocenters. The van der Waals surface area contributed by atoms with Crippen molar-refractivity contribution in [3.05, 3.63) is 0 Å². The molecule has 3 heteroatoms. The fourth-order valence-corrected chi connectivity index (χ4v) is 3.34. The normalized spacial score (nSPS) is 31.3. The van der Waals surface area contributed by atoms with Gasteiger partial charge in [0, 0.05) is 5.92 Å². The third kappa shape index (κ3) is 3.55. The Kier molecular flexibility index (Phi) is 5.80. The predicted molar refractivity (Wildman–Crippen MR) is 72.2 cm³/mol. The first-order chi connectivity index (χ1) is 8.44. The zero-order valence-corrected chi connectivity index (χ0v) is 12.0. The van der Waals surface area contributed by atoms with Gasteiger partial charge in [-0.2, -0.15) is 0 Å². The minimum Gasteiger partial charge on any atom is -0.393 e. The van der Waals surface area contributed by atoms with Crippen molar-refractivity contribution in [1.29, 1.82) is 0 Å². The van der Waals surface area contributed by atoms with Crippen LogP contribution in [0.3, 0.4) is 0 Å². The molecule has 1 aliphatic rings. The standard InChI is InChI=1S/C15H28O3/c1-4-13(17)11(2)7-9-15(3)8-5-6-12(15)14(18)10-16/h11-13,16-17H,4-10H2,1-3H3. The first-order valence-electron chi connectivity index (χ1n) is 7.26. The minimum absolute atomic E-state index is 0.00121. The Hall–Kier alpha value is -0.410.